The number of rotatable bonds is 6. The smallest absolute Gasteiger partial charge is 0.294 e. The quantitative estimate of drug-likeness (QED) is 0.593. The van der Waals surface area contributed by atoms with E-state index in [2.05, 4.69) is 10.3 Å². The summed E-state index contributed by atoms with van der Waals surface area (Å²) >= 11 is 0. The molecule has 166 valence electrons. The van der Waals surface area contributed by atoms with E-state index in [1.165, 1.54) is 6.26 Å². The summed E-state index contributed by atoms with van der Waals surface area (Å²) in [7, 11) is 0. The highest BCUT2D eigenvalue weighted by molar-refractivity contribution is 6.09. The first-order valence-electron chi connectivity index (χ1n) is 11.1. The summed E-state index contributed by atoms with van der Waals surface area (Å²) in [5.41, 5.74) is 4.31. The maximum atomic E-state index is 13.8. The van der Waals surface area contributed by atoms with E-state index in [1.54, 1.807) is 35.5 Å². The molecule has 0 bridgehead atoms. The first kappa shape index (κ1) is 21.8. The molecule has 3 aromatic rings. The predicted octanol–water partition coefficient (Wildman–Crippen LogP) is 5.05. The van der Waals surface area contributed by atoms with Crippen LogP contribution in [-0.2, 0) is 4.79 Å². The van der Waals surface area contributed by atoms with Gasteiger partial charge in [-0.3, -0.25) is 19.5 Å². The van der Waals surface area contributed by atoms with Gasteiger partial charge in [0.15, 0.2) is 5.76 Å². The Balaban J connectivity index is 1.86. The van der Waals surface area contributed by atoms with E-state index in [-0.39, 0.29) is 23.6 Å². The third-order valence-corrected chi connectivity index (χ3v) is 6.04. The van der Waals surface area contributed by atoms with Crippen molar-refractivity contribution in [2.75, 3.05) is 4.90 Å². The van der Waals surface area contributed by atoms with Gasteiger partial charge in [-0.25, -0.2) is 0 Å². The number of carbonyl (C=O) groups excluding carboxylic acids is 2. The summed E-state index contributed by atoms with van der Waals surface area (Å²) < 4.78 is 5.46. The second kappa shape index (κ2) is 9.39. The SMILES string of the molecule is Cc1cc(C)c(N(C(=O)c2ccco2)C(C(=O)NC2CCCC2)c2cccnc2)c(C)c1. The van der Waals surface area contributed by atoms with Gasteiger partial charge < -0.3 is 9.73 Å². The van der Waals surface area contributed by atoms with Crippen LogP contribution in [-0.4, -0.2) is 22.8 Å². The number of pyridine rings is 1. The van der Waals surface area contributed by atoms with Crippen LogP contribution in [0.15, 0.2) is 59.5 Å². The lowest BCUT2D eigenvalue weighted by molar-refractivity contribution is -0.123. The molecular weight excluding hydrogens is 402 g/mol. The molecule has 1 N–H and O–H groups in total. The third kappa shape index (κ3) is 4.44. The van der Waals surface area contributed by atoms with Crippen molar-refractivity contribution in [2.45, 2.75) is 58.5 Å². The Kier molecular flexibility index (Phi) is 6.40. The Morgan fingerprint density at radius 3 is 2.41 bits per heavy atom. The summed E-state index contributed by atoms with van der Waals surface area (Å²) in [6, 6.07) is 10.2. The van der Waals surface area contributed by atoms with E-state index in [9.17, 15) is 9.59 Å². The minimum Gasteiger partial charge on any atom is -0.459 e. The van der Waals surface area contributed by atoms with Crippen LogP contribution in [0.2, 0.25) is 0 Å². The predicted molar refractivity (Wildman–Crippen MR) is 124 cm³/mol. The van der Waals surface area contributed by atoms with E-state index in [4.69, 9.17) is 4.42 Å². The molecule has 0 saturated heterocycles. The van der Waals surface area contributed by atoms with Crippen molar-refractivity contribution in [3.8, 4) is 0 Å². The first-order chi connectivity index (χ1) is 15.5. The van der Waals surface area contributed by atoms with Crippen LogP contribution in [0.4, 0.5) is 5.69 Å². The fraction of sp³-hybridized carbons (Fsp3) is 0.346. The van der Waals surface area contributed by atoms with Gasteiger partial charge in [-0.15, -0.1) is 0 Å². The van der Waals surface area contributed by atoms with E-state index < -0.39 is 6.04 Å². The lowest BCUT2D eigenvalue weighted by atomic mass is 9.98. The molecule has 2 aromatic heterocycles. The summed E-state index contributed by atoms with van der Waals surface area (Å²) in [6.07, 6.45) is 8.91. The topological polar surface area (TPSA) is 75.4 Å². The standard InChI is InChI=1S/C26H29N3O3/c1-17-14-18(2)23(19(3)15-17)29(26(31)22-11-7-13-32-22)24(20-8-6-12-27-16-20)25(30)28-21-9-4-5-10-21/h6-8,11-16,21,24H,4-5,9-10H2,1-3H3,(H,28,30). The fourth-order valence-electron chi connectivity index (χ4n) is 4.72. The average Bonchev–Trinajstić information content (AvgIpc) is 3.47. The molecule has 6 heteroatoms. The molecule has 6 nitrogen and oxygen atoms in total. The molecule has 1 unspecified atom stereocenters. The maximum absolute atomic E-state index is 13.8. The number of nitrogens with one attached hydrogen (secondary N) is 1. The largest absolute Gasteiger partial charge is 0.459 e. The number of furan rings is 1. The number of hydrogen-bond donors (Lipinski definition) is 1. The van der Waals surface area contributed by atoms with Crippen molar-refractivity contribution >= 4 is 17.5 Å². The second-order valence-electron chi connectivity index (χ2n) is 8.58. The average molecular weight is 432 g/mol. The highest BCUT2D eigenvalue weighted by Crippen LogP contribution is 2.35. The van der Waals surface area contributed by atoms with Crippen LogP contribution < -0.4 is 10.2 Å². The zero-order valence-corrected chi connectivity index (χ0v) is 18.8. The molecule has 32 heavy (non-hydrogen) atoms. The number of aryl methyl sites for hydroxylation is 3. The molecule has 1 aromatic carbocycles. The molecule has 4 rings (SSSR count). The molecular formula is C26H29N3O3. The molecule has 2 heterocycles. The highest BCUT2D eigenvalue weighted by atomic mass is 16.3. The molecule has 1 aliphatic carbocycles. The van der Waals surface area contributed by atoms with Gasteiger partial charge in [0.05, 0.1) is 12.0 Å². The van der Waals surface area contributed by atoms with Crippen molar-refractivity contribution in [2.24, 2.45) is 0 Å². The summed E-state index contributed by atoms with van der Waals surface area (Å²) in [4.78, 5) is 33.3. The fourth-order valence-corrected chi connectivity index (χ4v) is 4.72. The van der Waals surface area contributed by atoms with Crippen LogP contribution >= 0.6 is 0 Å². The molecule has 0 aliphatic heterocycles. The van der Waals surface area contributed by atoms with Crippen LogP contribution in [0, 0.1) is 20.8 Å². The minimum absolute atomic E-state index is 0.127. The molecule has 2 amide bonds. The van der Waals surface area contributed by atoms with Crippen molar-refractivity contribution in [3.05, 3.63) is 83.1 Å². The first-order valence-corrected chi connectivity index (χ1v) is 11.1. The Hall–Kier alpha value is -3.41. The lowest BCUT2D eigenvalue weighted by Crippen LogP contribution is -2.46. The van der Waals surface area contributed by atoms with Gasteiger partial charge in [-0.2, -0.15) is 0 Å². The zero-order valence-electron chi connectivity index (χ0n) is 18.8. The van der Waals surface area contributed by atoms with Crippen molar-refractivity contribution in [1.29, 1.82) is 0 Å². The number of aromatic nitrogens is 1. The van der Waals surface area contributed by atoms with Gasteiger partial charge in [0.25, 0.3) is 5.91 Å². The van der Waals surface area contributed by atoms with Crippen LogP contribution in [0.1, 0.15) is 64.5 Å². The molecule has 1 aliphatic rings. The van der Waals surface area contributed by atoms with Crippen LogP contribution in [0.5, 0.6) is 0 Å². The molecule has 1 atom stereocenters. The number of carbonyl (C=O) groups is 2. The number of hydrogen-bond acceptors (Lipinski definition) is 4. The monoisotopic (exact) mass is 431 g/mol. The molecule has 0 spiro atoms. The van der Waals surface area contributed by atoms with Gasteiger partial charge in [0, 0.05) is 24.0 Å². The lowest BCUT2D eigenvalue weighted by Gasteiger charge is -2.33. The molecule has 0 radical (unpaired) electrons. The normalized spacial score (nSPS) is 14.8. The number of benzene rings is 1. The summed E-state index contributed by atoms with van der Waals surface area (Å²) in [5, 5.41) is 3.19. The van der Waals surface area contributed by atoms with Gasteiger partial charge >= 0.3 is 0 Å². The van der Waals surface area contributed by atoms with Gasteiger partial charge in [-0.1, -0.05) is 36.6 Å². The van der Waals surface area contributed by atoms with E-state index >= 15 is 0 Å². The summed E-state index contributed by atoms with van der Waals surface area (Å²) in [6.45, 7) is 5.95. The zero-order chi connectivity index (χ0) is 22.7. The Morgan fingerprint density at radius 1 is 1.09 bits per heavy atom. The van der Waals surface area contributed by atoms with Crippen molar-refractivity contribution in [1.82, 2.24) is 10.3 Å². The highest BCUT2D eigenvalue weighted by Gasteiger charge is 2.37. The van der Waals surface area contributed by atoms with Gasteiger partial charge in [0.2, 0.25) is 5.91 Å². The van der Waals surface area contributed by atoms with Crippen LogP contribution in [0.3, 0.4) is 0 Å². The third-order valence-electron chi connectivity index (χ3n) is 6.04. The van der Waals surface area contributed by atoms with Crippen LogP contribution in [0.25, 0.3) is 0 Å². The number of anilines is 1. The maximum Gasteiger partial charge on any atom is 0.294 e. The van der Waals surface area contributed by atoms with Gasteiger partial charge in [0.1, 0.15) is 6.04 Å². The van der Waals surface area contributed by atoms with E-state index in [0.29, 0.717) is 11.3 Å². The van der Waals surface area contributed by atoms with E-state index in [1.807, 2.05) is 39.0 Å². The minimum atomic E-state index is -0.873. The Morgan fingerprint density at radius 2 is 1.81 bits per heavy atom. The molecule has 1 fully saturated rings. The van der Waals surface area contributed by atoms with Crippen molar-refractivity contribution in [3.63, 3.8) is 0 Å². The van der Waals surface area contributed by atoms with Crippen molar-refractivity contribution < 1.29 is 14.0 Å². The Bertz CT molecular complexity index is 1060. The van der Waals surface area contributed by atoms with Gasteiger partial charge in [-0.05, 0) is 62.9 Å². The molecule has 1 saturated carbocycles. The number of amides is 2. The summed E-state index contributed by atoms with van der Waals surface area (Å²) in [5.74, 6) is -0.378. The second-order valence-corrected chi connectivity index (χ2v) is 8.58. The Labute approximate surface area is 188 Å². The number of nitrogens with zero attached hydrogens (tertiary/aromatic N) is 2. The van der Waals surface area contributed by atoms with E-state index in [0.717, 1.165) is 42.4 Å².